The fourth-order valence-corrected chi connectivity index (χ4v) is 1.76. The number of hydrogen-bond acceptors (Lipinski definition) is 2. The summed E-state index contributed by atoms with van der Waals surface area (Å²) in [7, 11) is 1.97. The van der Waals surface area contributed by atoms with E-state index >= 15 is 0 Å². The van der Waals surface area contributed by atoms with Crippen molar-refractivity contribution in [2.75, 3.05) is 0 Å². The number of rotatable bonds is 1. The first-order valence-electron chi connectivity index (χ1n) is 3.14. The van der Waals surface area contributed by atoms with Crippen LogP contribution in [0.4, 0.5) is 4.39 Å². The first-order valence-corrected chi connectivity index (χ1v) is 4.51. The van der Waals surface area contributed by atoms with E-state index in [9.17, 15) is 9.18 Å². The highest BCUT2D eigenvalue weighted by molar-refractivity contribution is 9.10. The van der Waals surface area contributed by atoms with E-state index in [4.69, 9.17) is 0 Å². The van der Waals surface area contributed by atoms with Gasteiger partial charge in [0, 0.05) is 0 Å². The molecule has 1 aromatic rings. The van der Waals surface area contributed by atoms with Crippen LogP contribution < -0.4 is 5.56 Å². The summed E-state index contributed by atoms with van der Waals surface area (Å²) in [6.45, 7) is 1.31. The number of nitrogens with one attached hydrogen (secondary N) is 1. The van der Waals surface area contributed by atoms with E-state index in [1.165, 1.54) is 13.3 Å². The Labute approximate surface area is 79.1 Å². The van der Waals surface area contributed by atoms with Crippen LogP contribution in [0.15, 0.2) is 15.6 Å². The van der Waals surface area contributed by atoms with E-state index in [-0.39, 0.29) is 15.7 Å². The Hall–Kier alpha value is -0.280. The Bertz CT molecular complexity index is 346. The highest BCUT2D eigenvalue weighted by Gasteiger charge is 2.24. The van der Waals surface area contributed by atoms with Crippen LogP contribution in [0.3, 0.4) is 0 Å². The third kappa shape index (κ3) is 1.90. The Morgan fingerprint density at radius 1 is 1.83 bits per heavy atom. The van der Waals surface area contributed by atoms with Crippen LogP contribution in [0.25, 0.3) is 0 Å². The lowest BCUT2D eigenvalue weighted by Gasteiger charge is -2.13. The van der Waals surface area contributed by atoms with Crippen molar-refractivity contribution in [1.29, 1.82) is 0 Å². The standard InChI is InChI=1S/C6H7BrFN2OP/c1-6(8,12)4-3(7)5(11)10-2-9-4/h2H,12H2,1H3,(H,9,10,11). The Morgan fingerprint density at radius 2 is 2.42 bits per heavy atom. The third-order valence-electron chi connectivity index (χ3n) is 1.26. The molecule has 12 heavy (non-hydrogen) atoms. The topological polar surface area (TPSA) is 45.8 Å². The molecule has 1 rings (SSSR count). The fraction of sp³-hybridized carbons (Fsp3) is 0.333. The van der Waals surface area contributed by atoms with Gasteiger partial charge in [-0.3, -0.25) is 4.79 Å². The van der Waals surface area contributed by atoms with Gasteiger partial charge in [-0.1, -0.05) is 9.24 Å². The normalized spacial score (nSPS) is 15.7. The van der Waals surface area contributed by atoms with Crippen molar-refractivity contribution < 1.29 is 4.39 Å². The maximum atomic E-state index is 13.3. The molecule has 0 fully saturated rings. The van der Waals surface area contributed by atoms with Gasteiger partial charge in [-0.25, -0.2) is 9.37 Å². The molecule has 0 bridgehead atoms. The summed E-state index contributed by atoms with van der Waals surface area (Å²) in [5.74, 6) is 0. The van der Waals surface area contributed by atoms with Crippen molar-refractivity contribution in [2.24, 2.45) is 0 Å². The molecule has 0 aliphatic heterocycles. The summed E-state index contributed by atoms with van der Waals surface area (Å²) in [5.41, 5.74) is -0.303. The molecule has 66 valence electrons. The summed E-state index contributed by atoms with van der Waals surface area (Å²) in [6, 6.07) is 0. The first kappa shape index (κ1) is 9.81. The van der Waals surface area contributed by atoms with E-state index in [0.717, 1.165) is 0 Å². The number of aromatic nitrogens is 2. The van der Waals surface area contributed by atoms with Crippen molar-refractivity contribution in [3.8, 4) is 0 Å². The summed E-state index contributed by atoms with van der Waals surface area (Å²) in [6.07, 6.45) is 1.17. The second-order valence-electron chi connectivity index (χ2n) is 2.47. The van der Waals surface area contributed by atoms with Gasteiger partial charge in [-0.05, 0) is 22.9 Å². The number of halogens is 2. The van der Waals surface area contributed by atoms with Crippen LogP contribution in [0.2, 0.25) is 0 Å². The predicted molar refractivity (Wildman–Crippen MR) is 50.7 cm³/mol. The van der Waals surface area contributed by atoms with E-state index in [0.29, 0.717) is 0 Å². The molecular weight excluding hydrogens is 246 g/mol. The van der Waals surface area contributed by atoms with Crippen molar-refractivity contribution in [1.82, 2.24) is 9.97 Å². The summed E-state index contributed by atoms with van der Waals surface area (Å²) in [4.78, 5) is 17.0. The van der Waals surface area contributed by atoms with Gasteiger partial charge in [0.2, 0.25) is 0 Å². The van der Waals surface area contributed by atoms with Crippen molar-refractivity contribution in [3.63, 3.8) is 0 Å². The quantitative estimate of drug-likeness (QED) is 0.771. The van der Waals surface area contributed by atoms with E-state index in [2.05, 4.69) is 25.9 Å². The smallest absolute Gasteiger partial charge is 0.265 e. The Kier molecular flexibility index (Phi) is 2.64. The van der Waals surface area contributed by atoms with Crippen LogP contribution in [0, 0.1) is 0 Å². The van der Waals surface area contributed by atoms with E-state index < -0.39 is 5.41 Å². The maximum absolute atomic E-state index is 13.3. The Morgan fingerprint density at radius 3 is 2.83 bits per heavy atom. The molecule has 0 amide bonds. The molecule has 2 unspecified atom stereocenters. The maximum Gasteiger partial charge on any atom is 0.265 e. The van der Waals surface area contributed by atoms with Crippen LogP contribution in [0.5, 0.6) is 0 Å². The van der Waals surface area contributed by atoms with Crippen molar-refractivity contribution in [3.05, 3.63) is 26.8 Å². The van der Waals surface area contributed by atoms with Gasteiger partial charge in [0.15, 0.2) is 5.41 Å². The molecule has 0 aliphatic rings. The second-order valence-corrected chi connectivity index (χ2v) is 4.35. The van der Waals surface area contributed by atoms with Gasteiger partial charge in [-0.15, -0.1) is 0 Å². The molecule has 1 N–H and O–H groups in total. The van der Waals surface area contributed by atoms with Gasteiger partial charge in [0.1, 0.15) is 10.2 Å². The van der Waals surface area contributed by atoms with Crippen LogP contribution in [-0.4, -0.2) is 9.97 Å². The van der Waals surface area contributed by atoms with Gasteiger partial charge < -0.3 is 4.98 Å². The number of aromatic amines is 1. The summed E-state index contributed by atoms with van der Waals surface area (Å²) in [5, 5.41) is -1.69. The number of H-pyrrole nitrogens is 1. The van der Waals surface area contributed by atoms with E-state index in [1.807, 2.05) is 9.24 Å². The van der Waals surface area contributed by atoms with Gasteiger partial charge in [0.25, 0.3) is 5.56 Å². The minimum atomic E-state index is -1.69. The molecule has 0 saturated carbocycles. The molecule has 3 nitrogen and oxygen atoms in total. The molecule has 0 aliphatic carbocycles. The fourth-order valence-electron chi connectivity index (χ4n) is 0.724. The average Bonchev–Trinajstić information content (AvgIpc) is 1.92. The third-order valence-corrected chi connectivity index (χ3v) is 2.27. The minimum absolute atomic E-state index is 0.0799. The van der Waals surface area contributed by atoms with Crippen LogP contribution >= 0.6 is 25.2 Å². The summed E-state index contributed by atoms with van der Waals surface area (Å²) < 4.78 is 13.4. The molecule has 1 aromatic heterocycles. The number of alkyl halides is 1. The lowest BCUT2D eigenvalue weighted by molar-refractivity contribution is 0.313. The zero-order valence-corrected chi connectivity index (χ0v) is 9.01. The molecule has 2 atom stereocenters. The lowest BCUT2D eigenvalue weighted by Crippen LogP contribution is -2.17. The Balaban J connectivity index is 3.36. The lowest BCUT2D eigenvalue weighted by atomic mass is 10.3. The van der Waals surface area contributed by atoms with Gasteiger partial charge in [0.05, 0.1) is 6.33 Å². The van der Waals surface area contributed by atoms with E-state index in [1.54, 1.807) is 0 Å². The SMILES string of the molecule is CC(F)(P)c1nc[nH]c(=O)c1Br. The highest BCUT2D eigenvalue weighted by Crippen LogP contribution is 2.33. The molecule has 6 heteroatoms. The number of hydrogen-bond donors (Lipinski definition) is 1. The predicted octanol–water partition coefficient (Wildman–Crippen LogP) is 1.55. The van der Waals surface area contributed by atoms with Crippen LogP contribution in [0.1, 0.15) is 12.6 Å². The van der Waals surface area contributed by atoms with Crippen molar-refractivity contribution in [2.45, 2.75) is 12.3 Å². The van der Waals surface area contributed by atoms with Crippen molar-refractivity contribution >= 4 is 25.2 Å². The molecular formula is C6H7BrFN2OP. The minimum Gasteiger partial charge on any atom is -0.312 e. The highest BCUT2D eigenvalue weighted by atomic mass is 79.9. The zero-order valence-electron chi connectivity index (χ0n) is 6.27. The molecule has 0 radical (unpaired) electrons. The van der Waals surface area contributed by atoms with Gasteiger partial charge in [-0.2, -0.15) is 0 Å². The molecule has 0 aromatic carbocycles. The molecule has 1 heterocycles. The van der Waals surface area contributed by atoms with Gasteiger partial charge >= 0.3 is 0 Å². The molecule has 0 saturated heterocycles. The van der Waals surface area contributed by atoms with Crippen LogP contribution in [-0.2, 0) is 5.41 Å². The average molecular weight is 253 g/mol. The molecule has 0 spiro atoms. The first-order chi connectivity index (χ1) is 5.43. The second kappa shape index (κ2) is 3.23. The largest absolute Gasteiger partial charge is 0.312 e. The monoisotopic (exact) mass is 252 g/mol. The summed E-state index contributed by atoms with van der Waals surface area (Å²) >= 11 is 2.96. The number of nitrogens with zero attached hydrogens (tertiary/aromatic N) is 1. The zero-order chi connectivity index (χ0) is 9.35.